The summed E-state index contributed by atoms with van der Waals surface area (Å²) in [5, 5.41) is 5.63. The summed E-state index contributed by atoms with van der Waals surface area (Å²) in [4.78, 5) is 16.3. The number of anilines is 1. The number of ether oxygens (including phenoxy) is 1. The Morgan fingerprint density at radius 1 is 1.26 bits per heavy atom. The van der Waals surface area contributed by atoms with Crippen molar-refractivity contribution in [2.45, 2.75) is 25.8 Å². The van der Waals surface area contributed by atoms with Crippen LogP contribution < -0.4 is 15.4 Å². The van der Waals surface area contributed by atoms with Gasteiger partial charge in [-0.25, -0.2) is 13.8 Å². The van der Waals surface area contributed by atoms with Gasteiger partial charge in [-0.05, 0) is 50.6 Å². The van der Waals surface area contributed by atoms with Crippen LogP contribution in [0.3, 0.4) is 0 Å². The second-order valence-electron chi connectivity index (χ2n) is 6.36. The van der Waals surface area contributed by atoms with E-state index in [4.69, 9.17) is 11.2 Å². The van der Waals surface area contributed by atoms with Crippen molar-refractivity contribution in [3.8, 4) is 18.1 Å². The highest BCUT2D eigenvalue weighted by molar-refractivity contribution is 5.99. The molecule has 0 saturated carbocycles. The van der Waals surface area contributed by atoms with E-state index in [9.17, 15) is 13.6 Å². The number of carbonyl (C=O) groups is 1. The molecule has 2 rings (SSSR count). The molecule has 1 heterocycles. The predicted molar refractivity (Wildman–Crippen MR) is 99.6 cm³/mol. The van der Waals surface area contributed by atoms with E-state index in [1.807, 2.05) is 0 Å². The van der Waals surface area contributed by atoms with E-state index in [2.05, 4.69) is 21.5 Å². The first-order chi connectivity index (χ1) is 12.8. The quantitative estimate of drug-likeness (QED) is 0.550. The summed E-state index contributed by atoms with van der Waals surface area (Å²) in [5.41, 5.74) is -0.804. The lowest BCUT2D eigenvalue weighted by molar-refractivity contribution is 0.0930. The molecule has 2 aromatic rings. The maximum Gasteiger partial charge on any atom is 0.256 e. The van der Waals surface area contributed by atoms with Gasteiger partial charge in [-0.2, -0.15) is 0 Å². The summed E-state index contributed by atoms with van der Waals surface area (Å²) in [5.74, 6) is 1.80. The van der Waals surface area contributed by atoms with Crippen molar-refractivity contribution in [2.75, 3.05) is 18.5 Å². The first-order valence-electron chi connectivity index (χ1n) is 8.39. The van der Waals surface area contributed by atoms with Crippen LogP contribution in [0.4, 0.5) is 14.6 Å². The van der Waals surface area contributed by atoms with Gasteiger partial charge >= 0.3 is 0 Å². The largest absolute Gasteiger partial charge is 0.494 e. The van der Waals surface area contributed by atoms with Gasteiger partial charge in [0.15, 0.2) is 0 Å². The van der Waals surface area contributed by atoms with Crippen molar-refractivity contribution >= 4 is 11.7 Å². The maximum atomic E-state index is 13.5. The number of amides is 1. The zero-order valence-electron chi connectivity index (χ0n) is 15.2. The third kappa shape index (κ3) is 6.26. The molecule has 0 aliphatic carbocycles. The molecule has 0 aliphatic rings. The number of aromatic nitrogens is 1. The van der Waals surface area contributed by atoms with Crippen molar-refractivity contribution in [1.29, 1.82) is 0 Å². The van der Waals surface area contributed by atoms with Gasteiger partial charge in [0.25, 0.3) is 5.91 Å². The zero-order chi connectivity index (χ0) is 19.9. The smallest absolute Gasteiger partial charge is 0.256 e. The Morgan fingerprint density at radius 3 is 2.63 bits per heavy atom. The molecule has 2 N–H and O–H groups in total. The van der Waals surface area contributed by atoms with Gasteiger partial charge in [-0.3, -0.25) is 4.79 Å². The predicted octanol–water partition coefficient (Wildman–Crippen LogP) is 3.38. The zero-order valence-corrected chi connectivity index (χ0v) is 15.2. The first kappa shape index (κ1) is 20.2. The van der Waals surface area contributed by atoms with Gasteiger partial charge in [0.1, 0.15) is 23.2 Å². The summed E-state index contributed by atoms with van der Waals surface area (Å²) < 4.78 is 31.8. The number of pyridine rings is 1. The number of halogens is 2. The Kier molecular flexibility index (Phi) is 6.72. The lowest BCUT2D eigenvalue weighted by Gasteiger charge is -2.20. The highest BCUT2D eigenvalue weighted by Gasteiger charge is 2.21. The normalized spacial score (nSPS) is 10.8. The van der Waals surface area contributed by atoms with Crippen LogP contribution in [0, 0.1) is 24.0 Å². The number of nitrogens with zero attached hydrogens (tertiary/aromatic N) is 1. The van der Waals surface area contributed by atoms with E-state index in [0.717, 1.165) is 12.3 Å². The highest BCUT2D eigenvalue weighted by Crippen LogP contribution is 2.16. The second-order valence-corrected chi connectivity index (χ2v) is 6.36. The van der Waals surface area contributed by atoms with Gasteiger partial charge in [-0.1, -0.05) is 5.92 Å². The molecule has 27 heavy (non-hydrogen) atoms. The van der Waals surface area contributed by atoms with Crippen LogP contribution in [0.2, 0.25) is 0 Å². The Morgan fingerprint density at radius 2 is 1.96 bits per heavy atom. The molecule has 0 radical (unpaired) electrons. The Labute approximate surface area is 157 Å². The summed E-state index contributed by atoms with van der Waals surface area (Å²) >= 11 is 0. The van der Waals surface area contributed by atoms with Crippen LogP contribution in [0.15, 0.2) is 36.5 Å². The molecule has 1 aromatic heterocycles. The highest BCUT2D eigenvalue weighted by atomic mass is 19.1. The molecule has 7 heteroatoms. The molecule has 1 aromatic carbocycles. The van der Waals surface area contributed by atoms with Crippen LogP contribution in [-0.2, 0) is 0 Å². The average Bonchev–Trinajstić information content (AvgIpc) is 2.63. The summed E-state index contributed by atoms with van der Waals surface area (Å²) in [7, 11) is 0. The van der Waals surface area contributed by atoms with Crippen molar-refractivity contribution in [3.63, 3.8) is 0 Å². The summed E-state index contributed by atoms with van der Waals surface area (Å²) in [6, 6.07) is 6.82. The fourth-order valence-electron chi connectivity index (χ4n) is 2.14. The third-order valence-corrected chi connectivity index (χ3v) is 3.58. The number of benzene rings is 1. The average molecular weight is 373 g/mol. The van der Waals surface area contributed by atoms with E-state index in [0.29, 0.717) is 25.3 Å². The van der Waals surface area contributed by atoms with Crippen LogP contribution in [0.1, 0.15) is 30.6 Å². The minimum atomic E-state index is -0.871. The molecular weight excluding hydrogens is 352 g/mol. The monoisotopic (exact) mass is 373 g/mol. The number of nitrogens with one attached hydrogen (secondary N) is 2. The topological polar surface area (TPSA) is 63.2 Å². The molecular formula is C20H21F2N3O2. The van der Waals surface area contributed by atoms with Crippen molar-refractivity contribution in [1.82, 2.24) is 10.3 Å². The standard InChI is InChI=1S/C20H21F2N3O2/c1-4-20(2,3)25-19(26)17-12-15(22)13-24-18(17)23-10-5-11-27-16-8-6-14(21)7-9-16/h1,6-9,12-13H,5,10-11H2,2-3H3,(H,23,24)(H,25,26). The molecule has 0 spiro atoms. The Bertz CT molecular complexity index is 830. The third-order valence-electron chi connectivity index (χ3n) is 3.58. The molecule has 5 nitrogen and oxygen atoms in total. The van der Waals surface area contributed by atoms with E-state index in [1.165, 1.54) is 12.1 Å². The lowest BCUT2D eigenvalue weighted by atomic mass is 10.1. The van der Waals surface area contributed by atoms with Crippen LogP contribution in [0.25, 0.3) is 0 Å². The van der Waals surface area contributed by atoms with E-state index in [1.54, 1.807) is 26.0 Å². The van der Waals surface area contributed by atoms with E-state index in [-0.39, 0.29) is 17.2 Å². The Balaban J connectivity index is 1.91. The van der Waals surface area contributed by atoms with Crippen molar-refractivity contribution < 1.29 is 18.3 Å². The van der Waals surface area contributed by atoms with Crippen molar-refractivity contribution in [3.05, 3.63) is 53.7 Å². The van der Waals surface area contributed by atoms with Crippen LogP contribution in [0.5, 0.6) is 5.75 Å². The number of carbonyl (C=O) groups excluding carboxylic acids is 1. The molecule has 142 valence electrons. The number of rotatable bonds is 8. The molecule has 0 bridgehead atoms. The van der Waals surface area contributed by atoms with Gasteiger partial charge in [-0.15, -0.1) is 6.42 Å². The van der Waals surface area contributed by atoms with Gasteiger partial charge in [0, 0.05) is 6.54 Å². The molecule has 0 aliphatic heterocycles. The SMILES string of the molecule is C#CC(C)(C)NC(=O)c1cc(F)cnc1NCCCOc1ccc(F)cc1. The molecule has 0 atom stereocenters. The van der Waals surface area contributed by atoms with Crippen molar-refractivity contribution in [2.24, 2.45) is 0 Å². The van der Waals surface area contributed by atoms with E-state index < -0.39 is 17.3 Å². The fourth-order valence-corrected chi connectivity index (χ4v) is 2.14. The number of hydrogen-bond acceptors (Lipinski definition) is 4. The van der Waals surface area contributed by atoms with Crippen LogP contribution >= 0.6 is 0 Å². The fraction of sp³-hybridized carbons (Fsp3) is 0.300. The Hall–Kier alpha value is -3.14. The maximum absolute atomic E-state index is 13.5. The number of hydrogen-bond donors (Lipinski definition) is 2. The van der Waals surface area contributed by atoms with Crippen LogP contribution in [-0.4, -0.2) is 29.6 Å². The van der Waals surface area contributed by atoms with Gasteiger partial charge < -0.3 is 15.4 Å². The summed E-state index contributed by atoms with van der Waals surface area (Å²) in [6.45, 7) is 4.15. The van der Waals surface area contributed by atoms with Gasteiger partial charge in [0.2, 0.25) is 0 Å². The second kappa shape index (κ2) is 8.99. The molecule has 0 unspecified atom stereocenters. The van der Waals surface area contributed by atoms with Gasteiger partial charge in [0.05, 0.1) is 23.9 Å². The minimum Gasteiger partial charge on any atom is -0.494 e. The van der Waals surface area contributed by atoms with E-state index >= 15 is 0 Å². The molecule has 0 saturated heterocycles. The molecule has 1 amide bonds. The lowest BCUT2D eigenvalue weighted by Crippen LogP contribution is -2.42. The summed E-state index contributed by atoms with van der Waals surface area (Å²) in [6.07, 6.45) is 6.98. The minimum absolute atomic E-state index is 0.0674. The first-order valence-corrected chi connectivity index (χ1v) is 8.39. The number of terminal acetylenes is 1. The molecule has 0 fully saturated rings.